The smallest absolute Gasteiger partial charge is 0.251 e. The summed E-state index contributed by atoms with van der Waals surface area (Å²) in [6.45, 7) is 5.62. The van der Waals surface area contributed by atoms with Crippen LogP contribution in [0.3, 0.4) is 0 Å². The number of halogens is 2. The topological polar surface area (TPSA) is 24.5 Å². The van der Waals surface area contributed by atoms with Crippen molar-refractivity contribution in [1.29, 1.82) is 0 Å². The van der Waals surface area contributed by atoms with Crippen LogP contribution in [-0.2, 0) is 0 Å². The molecule has 0 aromatic heterocycles. The molecule has 2 aliphatic heterocycles. The monoisotopic (exact) mass is 324 g/mol. The van der Waals surface area contributed by atoms with Crippen molar-refractivity contribution >= 4 is 0 Å². The number of benzene rings is 1. The molecule has 128 valence electrons. The molecular weight excluding hydrogens is 298 g/mol. The maximum absolute atomic E-state index is 12.5. The third kappa shape index (κ3) is 4.21. The Morgan fingerprint density at radius 1 is 1.26 bits per heavy atom. The van der Waals surface area contributed by atoms with E-state index in [1.165, 1.54) is 5.56 Å². The second-order valence-electron chi connectivity index (χ2n) is 7.29. The summed E-state index contributed by atoms with van der Waals surface area (Å²) in [6.07, 6.45) is 0.531. The van der Waals surface area contributed by atoms with Gasteiger partial charge in [-0.25, -0.2) is 8.78 Å². The summed E-state index contributed by atoms with van der Waals surface area (Å²) in [7, 11) is 0. The van der Waals surface area contributed by atoms with Crippen LogP contribution in [-0.4, -0.2) is 42.6 Å². The van der Waals surface area contributed by atoms with E-state index in [1.807, 2.05) is 23.1 Å². The summed E-state index contributed by atoms with van der Waals surface area (Å²) < 4.78 is 31.0. The highest BCUT2D eigenvalue weighted by Crippen LogP contribution is 2.39. The number of rotatable bonds is 4. The van der Waals surface area contributed by atoms with E-state index in [1.54, 1.807) is 0 Å². The molecule has 1 saturated heterocycles. The van der Waals surface area contributed by atoms with Crippen LogP contribution in [0.15, 0.2) is 24.3 Å². The summed E-state index contributed by atoms with van der Waals surface area (Å²) in [5, 5.41) is 3.75. The molecule has 1 N–H and O–H groups in total. The molecule has 0 bridgehead atoms. The molecule has 0 aliphatic carbocycles. The summed E-state index contributed by atoms with van der Waals surface area (Å²) in [6, 6.07) is 8.84. The van der Waals surface area contributed by atoms with Gasteiger partial charge >= 0.3 is 0 Å². The fraction of sp³-hybridized carbons (Fsp3) is 0.667. The molecule has 0 radical (unpaired) electrons. The van der Waals surface area contributed by atoms with E-state index in [0.29, 0.717) is 6.04 Å². The lowest BCUT2D eigenvalue weighted by Crippen LogP contribution is -2.47. The van der Waals surface area contributed by atoms with E-state index in [0.717, 1.165) is 38.1 Å². The van der Waals surface area contributed by atoms with Crippen LogP contribution in [0.25, 0.3) is 0 Å². The first-order valence-corrected chi connectivity index (χ1v) is 8.47. The van der Waals surface area contributed by atoms with Crippen molar-refractivity contribution in [2.24, 2.45) is 0 Å². The fourth-order valence-electron chi connectivity index (χ4n) is 3.71. The molecule has 0 unspecified atom stereocenters. The van der Waals surface area contributed by atoms with Crippen LogP contribution >= 0.6 is 0 Å². The van der Waals surface area contributed by atoms with E-state index in [2.05, 4.69) is 25.2 Å². The summed E-state index contributed by atoms with van der Waals surface area (Å²) >= 11 is 0. The van der Waals surface area contributed by atoms with Crippen LogP contribution < -0.4 is 10.1 Å². The molecular formula is C18H26F2N2O. The first-order chi connectivity index (χ1) is 10.9. The molecule has 2 heterocycles. The largest absolute Gasteiger partial charge is 0.487 e. The van der Waals surface area contributed by atoms with Gasteiger partial charge in [0.05, 0.1) is 6.54 Å². The Hall–Kier alpha value is -1.20. The number of piperidine rings is 1. The third-order valence-corrected chi connectivity index (χ3v) is 4.80. The molecule has 23 heavy (non-hydrogen) atoms. The highest BCUT2D eigenvalue weighted by atomic mass is 19.3. The Labute approximate surface area is 137 Å². The molecule has 0 spiro atoms. The lowest BCUT2D eigenvalue weighted by molar-refractivity contribution is 0.0535. The molecule has 3 rings (SSSR count). The SMILES string of the molecule is CC1(C)C[C@H](NC2CCN(CC(F)F)CC2)c2ccccc2O1. The minimum atomic E-state index is -2.23. The van der Waals surface area contributed by atoms with Crippen LogP contribution in [0, 0.1) is 0 Å². The van der Waals surface area contributed by atoms with Crippen LogP contribution in [0.2, 0.25) is 0 Å². The zero-order chi connectivity index (χ0) is 16.4. The Bertz CT molecular complexity index is 528. The van der Waals surface area contributed by atoms with Gasteiger partial charge in [-0.3, -0.25) is 4.90 Å². The number of para-hydroxylation sites is 1. The standard InChI is InChI=1S/C18H26F2N2O/c1-18(2)11-15(14-5-3-4-6-16(14)23-18)21-13-7-9-22(10-8-13)12-17(19)20/h3-6,13,15,17,21H,7-12H2,1-2H3/t15-/m0/s1. The van der Waals surface area contributed by atoms with Gasteiger partial charge in [0, 0.05) is 24.1 Å². The lowest BCUT2D eigenvalue weighted by atomic mass is 9.88. The van der Waals surface area contributed by atoms with Gasteiger partial charge in [0.25, 0.3) is 6.43 Å². The number of hydrogen-bond acceptors (Lipinski definition) is 3. The van der Waals surface area contributed by atoms with Crippen LogP contribution in [0.5, 0.6) is 5.75 Å². The summed E-state index contributed by atoms with van der Waals surface area (Å²) in [5.41, 5.74) is 1.02. The van der Waals surface area contributed by atoms with E-state index in [-0.39, 0.29) is 18.2 Å². The first kappa shape index (κ1) is 16.7. The van der Waals surface area contributed by atoms with Gasteiger partial charge < -0.3 is 10.1 Å². The second kappa shape index (κ2) is 6.73. The Morgan fingerprint density at radius 2 is 1.96 bits per heavy atom. The zero-order valence-corrected chi connectivity index (χ0v) is 13.9. The molecule has 1 atom stereocenters. The van der Waals surface area contributed by atoms with Gasteiger partial charge in [0.2, 0.25) is 0 Å². The molecule has 2 aliphatic rings. The third-order valence-electron chi connectivity index (χ3n) is 4.80. The molecule has 1 aromatic rings. The zero-order valence-electron chi connectivity index (χ0n) is 13.9. The van der Waals surface area contributed by atoms with Gasteiger partial charge in [-0.2, -0.15) is 0 Å². The van der Waals surface area contributed by atoms with Crippen molar-refractivity contribution in [2.45, 2.75) is 57.2 Å². The first-order valence-electron chi connectivity index (χ1n) is 8.47. The van der Waals surface area contributed by atoms with E-state index < -0.39 is 6.43 Å². The molecule has 1 aromatic carbocycles. The van der Waals surface area contributed by atoms with Crippen LogP contribution in [0.4, 0.5) is 8.78 Å². The number of hydrogen-bond donors (Lipinski definition) is 1. The maximum atomic E-state index is 12.5. The highest BCUT2D eigenvalue weighted by Gasteiger charge is 2.35. The second-order valence-corrected chi connectivity index (χ2v) is 7.29. The van der Waals surface area contributed by atoms with Gasteiger partial charge in [-0.05, 0) is 45.8 Å². The van der Waals surface area contributed by atoms with Gasteiger partial charge in [0.15, 0.2) is 0 Å². The molecule has 1 fully saturated rings. The van der Waals surface area contributed by atoms with Crippen molar-refractivity contribution in [3.05, 3.63) is 29.8 Å². The quantitative estimate of drug-likeness (QED) is 0.916. The molecule has 0 amide bonds. The number of likely N-dealkylation sites (tertiary alicyclic amines) is 1. The predicted octanol–water partition coefficient (Wildman–Crippen LogP) is 3.61. The fourth-order valence-corrected chi connectivity index (χ4v) is 3.71. The van der Waals surface area contributed by atoms with E-state index in [9.17, 15) is 8.78 Å². The minimum Gasteiger partial charge on any atom is -0.487 e. The van der Waals surface area contributed by atoms with E-state index in [4.69, 9.17) is 4.74 Å². The average molecular weight is 324 g/mol. The maximum Gasteiger partial charge on any atom is 0.251 e. The van der Waals surface area contributed by atoms with Gasteiger partial charge in [-0.1, -0.05) is 18.2 Å². The Kier molecular flexibility index (Phi) is 4.87. The Morgan fingerprint density at radius 3 is 2.65 bits per heavy atom. The number of alkyl halides is 2. The summed E-state index contributed by atoms with van der Waals surface area (Å²) in [4.78, 5) is 1.87. The van der Waals surface area contributed by atoms with E-state index >= 15 is 0 Å². The molecule has 3 nitrogen and oxygen atoms in total. The van der Waals surface area contributed by atoms with Crippen LogP contribution in [0.1, 0.15) is 44.7 Å². The Balaban J connectivity index is 1.62. The van der Waals surface area contributed by atoms with Crippen molar-refractivity contribution in [1.82, 2.24) is 10.2 Å². The molecule has 0 saturated carbocycles. The van der Waals surface area contributed by atoms with Gasteiger partial charge in [0.1, 0.15) is 11.4 Å². The number of ether oxygens (including phenoxy) is 1. The van der Waals surface area contributed by atoms with Crippen molar-refractivity contribution < 1.29 is 13.5 Å². The van der Waals surface area contributed by atoms with Gasteiger partial charge in [-0.15, -0.1) is 0 Å². The summed E-state index contributed by atoms with van der Waals surface area (Å²) in [5.74, 6) is 0.955. The molecule has 5 heteroatoms. The number of fused-ring (bicyclic) bond motifs is 1. The predicted molar refractivity (Wildman–Crippen MR) is 87.1 cm³/mol. The average Bonchev–Trinajstić information content (AvgIpc) is 2.47. The normalized spacial score (nSPS) is 25.2. The lowest BCUT2D eigenvalue weighted by Gasteiger charge is -2.41. The number of nitrogens with zero attached hydrogens (tertiary/aromatic N) is 1. The van der Waals surface area contributed by atoms with Crippen molar-refractivity contribution in [2.75, 3.05) is 19.6 Å². The van der Waals surface area contributed by atoms with Crippen molar-refractivity contribution in [3.63, 3.8) is 0 Å². The van der Waals surface area contributed by atoms with Crippen molar-refractivity contribution in [3.8, 4) is 5.75 Å². The number of nitrogens with one attached hydrogen (secondary N) is 1. The minimum absolute atomic E-state index is 0.0974. The highest BCUT2D eigenvalue weighted by molar-refractivity contribution is 5.38.